The van der Waals surface area contributed by atoms with E-state index in [4.69, 9.17) is 0 Å². The molecule has 11 nitrogen and oxygen atoms in total. The molecule has 0 aromatic carbocycles. The summed E-state index contributed by atoms with van der Waals surface area (Å²) in [6, 6.07) is 0. The van der Waals surface area contributed by atoms with Crippen molar-refractivity contribution in [2.45, 2.75) is 20.8 Å². The smallest absolute Gasteiger partial charge is 0.447 e. The quantitative estimate of drug-likeness (QED) is 0.300. The molecule has 0 aliphatic carbocycles. The molecule has 0 spiro atoms. The first-order chi connectivity index (χ1) is 10.0. The topological polar surface area (TPSA) is 154 Å². The van der Waals surface area contributed by atoms with Crippen LogP contribution in [0.1, 0.15) is 20.8 Å². The Balaban J connectivity index is 5.24. The summed E-state index contributed by atoms with van der Waals surface area (Å²) >= 11 is 0. The Morgan fingerprint density at radius 1 is 1.05 bits per heavy atom. The molecule has 0 radical (unpaired) electrons. The predicted molar refractivity (Wildman–Crippen MR) is 74.6 cm³/mol. The van der Waals surface area contributed by atoms with E-state index >= 15 is 0 Å². The standard InChI is InChI=1S/C9H20N2O9P2/c1-4-10(5-2)11(22(16,17)18)9(13)21(14,15)20-7-8(12)19-6-3/h4-7H2,1-3H3,(H,14,15)(H2,16,17,18). The molecule has 0 aliphatic heterocycles. The van der Waals surface area contributed by atoms with E-state index in [1.165, 1.54) is 20.8 Å². The normalized spacial score (nSPS) is 14.5. The van der Waals surface area contributed by atoms with E-state index < -0.39 is 33.6 Å². The van der Waals surface area contributed by atoms with Gasteiger partial charge in [-0.15, -0.1) is 0 Å². The number of esters is 1. The van der Waals surface area contributed by atoms with Gasteiger partial charge in [0.25, 0.3) is 0 Å². The number of amides is 1. The number of ether oxygens (including phenoxy) is 1. The minimum atomic E-state index is -5.20. The third-order valence-corrected chi connectivity index (χ3v) is 4.56. The predicted octanol–water partition coefficient (Wildman–Crippen LogP) is 0.523. The summed E-state index contributed by atoms with van der Waals surface area (Å²) in [5.41, 5.74) is -1.83. The second kappa shape index (κ2) is 8.73. The van der Waals surface area contributed by atoms with E-state index in [2.05, 4.69) is 9.26 Å². The van der Waals surface area contributed by atoms with Crippen LogP contribution in [-0.4, -0.2) is 62.4 Å². The minimum absolute atomic E-state index is 0.0000753. The molecule has 1 unspecified atom stereocenters. The third kappa shape index (κ3) is 6.13. The van der Waals surface area contributed by atoms with Crippen molar-refractivity contribution in [1.29, 1.82) is 0 Å². The summed E-state index contributed by atoms with van der Waals surface area (Å²) in [4.78, 5) is 50.9. The highest BCUT2D eigenvalue weighted by molar-refractivity contribution is 7.72. The van der Waals surface area contributed by atoms with Crippen LogP contribution in [0.25, 0.3) is 0 Å². The maximum atomic E-state index is 11.9. The fourth-order valence-electron chi connectivity index (χ4n) is 1.40. The lowest BCUT2D eigenvalue weighted by atomic mass is 10.6. The molecule has 0 aromatic rings. The zero-order valence-electron chi connectivity index (χ0n) is 12.4. The first-order valence-electron chi connectivity index (χ1n) is 6.29. The van der Waals surface area contributed by atoms with Gasteiger partial charge in [-0.1, -0.05) is 13.8 Å². The van der Waals surface area contributed by atoms with Crippen LogP contribution in [0.4, 0.5) is 4.79 Å². The van der Waals surface area contributed by atoms with E-state index in [1.807, 2.05) is 0 Å². The molecule has 0 aliphatic rings. The SMILES string of the molecule is CCOC(=O)COP(=O)(O)C(=O)N(N(CC)CC)P(=O)(O)O. The van der Waals surface area contributed by atoms with Crippen molar-refractivity contribution in [2.75, 3.05) is 26.3 Å². The van der Waals surface area contributed by atoms with Crippen molar-refractivity contribution in [3.8, 4) is 0 Å². The van der Waals surface area contributed by atoms with Crippen molar-refractivity contribution in [2.24, 2.45) is 0 Å². The molecule has 1 amide bonds. The molecule has 130 valence electrons. The number of carbonyl (C=O) groups excluding carboxylic acids is 2. The largest absolute Gasteiger partial charge is 0.464 e. The van der Waals surface area contributed by atoms with Gasteiger partial charge < -0.3 is 19.4 Å². The lowest BCUT2D eigenvalue weighted by Gasteiger charge is -2.33. The molecule has 13 heteroatoms. The number of nitrogens with zero attached hydrogens (tertiary/aromatic N) is 2. The summed E-state index contributed by atoms with van der Waals surface area (Å²) in [6.07, 6.45) is 0. The van der Waals surface area contributed by atoms with Crippen LogP contribution in [-0.2, 0) is 23.2 Å². The average Bonchev–Trinajstić information content (AvgIpc) is 2.40. The monoisotopic (exact) mass is 362 g/mol. The minimum Gasteiger partial charge on any atom is -0.464 e. The van der Waals surface area contributed by atoms with E-state index in [1.54, 1.807) is 0 Å². The van der Waals surface area contributed by atoms with E-state index in [0.717, 1.165) is 5.01 Å². The summed E-state index contributed by atoms with van der Waals surface area (Å²) in [5, 5.41) is 0.875. The summed E-state index contributed by atoms with van der Waals surface area (Å²) in [7, 11) is -10.3. The molecule has 0 bridgehead atoms. The molecule has 0 aromatic heterocycles. The maximum Gasteiger partial charge on any atom is 0.447 e. The molecule has 0 fully saturated rings. The van der Waals surface area contributed by atoms with E-state index in [-0.39, 0.29) is 24.5 Å². The second-order valence-corrected chi connectivity index (χ2v) is 6.91. The number of hydrazine groups is 1. The van der Waals surface area contributed by atoms with E-state index in [0.29, 0.717) is 0 Å². The van der Waals surface area contributed by atoms with Crippen molar-refractivity contribution in [3.05, 3.63) is 0 Å². The third-order valence-electron chi connectivity index (χ3n) is 2.32. The highest BCUT2D eigenvalue weighted by Gasteiger charge is 2.46. The number of hydrogen-bond acceptors (Lipinski definition) is 7. The van der Waals surface area contributed by atoms with Gasteiger partial charge in [-0.25, -0.2) is 18.9 Å². The molecule has 1 atom stereocenters. The van der Waals surface area contributed by atoms with Crippen molar-refractivity contribution in [3.63, 3.8) is 0 Å². The summed E-state index contributed by atoms with van der Waals surface area (Å²) < 4.78 is 31.8. The van der Waals surface area contributed by atoms with Gasteiger partial charge in [0.1, 0.15) is 0 Å². The number of carbonyl (C=O) groups is 2. The first kappa shape index (κ1) is 21.2. The first-order valence-corrected chi connectivity index (χ1v) is 9.43. The van der Waals surface area contributed by atoms with Crippen LogP contribution in [0.5, 0.6) is 0 Å². The van der Waals surface area contributed by atoms with Gasteiger partial charge in [0.05, 0.1) is 6.61 Å². The molecule has 0 rings (SSSR count). The van der Waals surface area contributed by atoms with Crippen LogP contribution < -0.4 is 0 Å². The van der Waals surface area contributed by atoms with Gasteiger partial charge in [0, 0.05) is 13.1 Å². The van der Waals surface area contributed by atoms with Gasteiger partial charge in [-0.3, -0.25) is 9.32 Å². The van der Waals surface area contributed by atoms with E-state index in [9.17, 15) is 33.4 Å². The van der Waals surface area contributed by atoms with Crippen LogP contribution in [0.2, 0.25) is 0 Å². The Hall–Kier alpha value is -0.800. The van der Waals surface area contributed by atoms with Gasteiger partial charge >= 0.3 is 27.0 Å². The summed E-state index contributed by atoms with van der Waals surface area (Å²) in [6.45, 7) is 3.46. The lowest BCUT2D eigenvalue weighted by Crippen LogP contribution is -2.43. The fourth-order valence-corrected chi connectivity index (χ4v) is 3.64. The Labute approximate surface area is 127 Å². The van der Waals surface area contributed by atoms with Crippen LogP contribution in [0, 0.1) is 0 Å². The zero-order chi connectivity index (χ0) is 17.6. The molecule has 0 saturated heterocycles. The molecular weight excluding hydrogens is 342 g/mol. The molecule has 0 saturated carbocycles. The fraction of sp³-hybridized carbons (Fsp3) is 0.778. The van der Waals surface area contributed by atoms with Gasteiger partial charge in [-0.05, 0) is 6.92 Å². The Bertz CT molecular complexity index is 487. The Morgan fingerprint density at radius 2 is 1.55 bits per heavy atom. The highest BCUT2D eigenvalue weighted by Crippen LogP contribution is 2.53. The maximum absolute atomic E-state index is 11.9. The summed E-state index contributed by atoms with van der Waals surface area (Å²) in [5.74, 6) is -0.991. The lowest BCUT2D eigenvalue weighted by molar-refractivity contribution is -0.145. The van der Waals surface area contributed by atoms with Crippen LogP contribution in [0.3, 0.4) is 0 Å². The Kier molecular flexibility index (Phi) is 8.42. The second-order valence-electron chi connectivity index (χ2n) is 3.82. The van der Waals surface area contributed by atoms with Gasteiger partial charge in [-0.2, -0.15) is 4.78 Å². The average molecular weight is 362 g/mol. The van der Waals surface area contributed by atoms with Crippen molar-refractivity contribution in [1.82, 2.24) is 9.79 Å². The van der Waals surface area contributed by atoms with Crippen LogP contribution >= 0.6 is 15.3 Å². The molecular formula is C9H20N2O9P2. The molecule has 3 N–H and O–H groups in total. The Morgan fingerprint density at radius 3 is 1.91 bits per heavy atom. The van der Waals surface area contributed by atoms with Gasteiger partial charge in [0.2, 0.25) is 0 Å². The van der Waals surface area contributed by atoms with Crippen molar-refractivity contribution >= 4 is 27.0 Å². The molecule has 0 heterocycles. The van der Waals surface area contributed by atoms with Crippen LogP contribution in [0.15, 0.2) is 0 Å². The highest BCUT2D eigenvalue weighted by atomic mass is 31.2. The number of rotatable bonds is 9. The zero-order valence-corrected chi connectivity index (χ0v) is 14.2. The number of hydrogen-bond donors (Lipinski definition) is 3. The van der Waals surface area contributed by atoms with Gasteiger partial charge in [0.15, 0.2) is 6.61 Å². The molecule has 22 heavy (non-hydrogen) atoms. The van der Waals surface area contributed by atoms with Crippen molar-refractivity contribution < 1.29 is 42.7 Å².